The highest BCUT2D eigenvalue weighted by atomic mass is 19.1. The third-order valence-corrected chi connectivity index (χ3v) is 4.68. The highest BCUT2D eigenvalue weighted by Crippen LogP contribution is 2.15. The molecule has 6 heteroatoms. The van der Waals surface area contributed by atoms with E-state index in [2.05, 4.69) is 5.32 Å². The molecule has 0 aromatic heterocycles. The lowest BCUT2D eigenvalue weighted by atomic mass is 10.0. The Morgan fingerprint density at radius 2 is 1.78 bits per heavy atom. The van der Waals surface area contributed by atoms with Crippen molar-refractivity contribution in [2.45, 2.75) is 25.8 Å². The molecule has 2 amide bonds. The van der Waals surface area contributed by atoms with Crippen molar-refractivity contribution in [1.82, 2.24) is 10.2 Å². The zero-order valence-electron chi connectivity index (χ0n) is 15.3. The normalized spacial score (nSPS) is 14.7. The van der Waals surface area contributed by atoms with Crippen LogP contribution in [0.1, 0.15) is 28.8 Å². The van der Waals surface area contributed by atoms with Gasteiger partial charge in [0.25, 0.3) is 11.8 Å². The fourth-order valence-corrected chi connectivity index (χ4v) is 3.05. The van der Waals surface area contributed by atoms with Crippen LogP contribution >= 0.6 is 0 Å². The Hall–Kier alpha value is -2.89. The van der Waals surface area contributed by atoms with E-state index in [0.717, 1.165) is 5.56 Å². The number of carbonyl (C=O) groups excluding carboxylic acids is 2. The number of amides is 2. The van der Waals surface area contributed by atoms with E-state index in [1.807, 2.05) is 31.2 Å². The van der Waals surface area contributed by atoms with Crippen molar-refractivity contribution in [2.24, 2.45) is 0 Å². The molecule has 0 bridgehead atoms. The SMILES string of the molecule is Cc1ccc(OCC(=O)N2CCC(NC(=O)c3ccccc3F)CC2)cc1. The second-order valence-corrected chi connectivity index (χ2v) is 6.71. The second-order valence-electron chi connectivity index (χ2n) is 6.71. The molecule has 1 aliphatic rings. The number of benzene rings is 2. The molecule has 142 valence electrons. The highest BCUT2D eigenvalue weighted by Gasteiger charge is 2.25. The molecular formula is C21H23FN2O3. The van der Waals surface area contributed by atoms with Crippen molar-refractivity contribution >= 4 is 11.8 Å². The number of carbonyl (C=O) groups is 2. The van der Waals surface area contributed by atoms with E-state index in [-0.39, 0.29) is 24.1 Å². The molecule has 0 aliphatic carbocycles. The maximum absolute atomic E-state index is 13.7. The van der Waals surface area contributed by atoms with Crippen LogP contribution in [0.25, 0.3) is 0 Å². The van der Waals surface area contributed by atoms with Crippen LogP contribution in [0.5, 0.6) is 5.75 Å². The fraction of sp³-hybridized carbons (Fsp3) is 0.333. The van der Waals surface area contributed by atoms with E-state index >= 15 is 0 Å². The Morgan fingerprint density at radius 1 is 1.11 bits per heavy atom. The number of piperidine rings is 1. The summed E-state index contributed by atoms with van der Waals surface area (Å²) in [4.78, 5) is 26.2. The Labute approximate surface area is 158 Å². The summed E-state index contributed by atoms with van der Waals surface area (Å²) in [6.07, 6.45) is 1.27. The van der Waals surface area contributed by atoms with Crippen LogP contribution in [-0.2, 0) is 4.79 Å². The van der Waals surface area contributed by atoms with Gasteiger partial charge >= 0.3 is 0 Å². The van der Waals surface area contributed by atoms with Crippen molar-refractivity contribution < 1.29 is 18.7 Å². The zero-order chi connectivity index (χ0) is 19.2. The Bertz CT molecular complexity index is 799. The fourth-order valence-electron chi connectivity index (χ4n) is 3.05. The van der Waals surface area contributed by atoms with Crippen LogP contribution in [0.4, 0.5) is 4.39 Å². The summed E-state index contributed by atoms with van der Waals surface area (Å²) in [7, 11) is 0. The third-order valence-electron chi connectivity index (χ3n) is 4.68. The van der Waals surface area contributed by atoms with E-state index in [4.69, 9.17) is 4.74 Å². The molecule has 27 heavy (non-hydrogen) atoms. The quantitative estimate of drug-likeness (QED) is 0.880. The molecule has 2 aromatic rings. The van der Waals surface area contributed by atoms with Gasteiger partial charge in [0.15, 0.2) is 6.61 Å². The molecule has 2 aromatic carbocycles. The van der Waals surface area contributed by atoms with Crippen molar-refractivity contribution in [1.29, 1.82) is 0 Å². The summed E-state index contributed by atoms with van der Waals surface area (Å²) in [5.41, 5.74) is 1.18. The molecule has 1 N–H and O–H groups in total. The van der Waals surface area contributed by atoms with Gasteiger partial charge in [0, 0.05) is 19.1 Å². The van der Waals surface area contributed by atoms with E-state index < -0.39 is 11.7 Å². The number of rotatable bonds is 5. The summed E-state index contributed by atoms with van der Waals surface area (Å²) in [5, 5.41) is 2.85. The number of nitrogens with zero attached hydrogens (tertiary/aromatic N) is 1. The minimum Gasteiger partial charge on any atom is -0.484 e. The van der Waals surface area contributed by atoms with E-state index in [1.54, 1.807) is 17.0 Å². The Morgan fingerprint density at radius 3 is 2.44 bits per heavy atom. The molecule has 5 nitrogen and oxygen atoms in total. The van der Waals surface area contributed by atoms with Crippen molar-refractivity contribution in [3.05, 3.63) is 65.5 Å². The summed E-state index contributed by atoms with van der Waals surface area (Å²) in [5.74, 6) is -0.355. The number of aryl methyl sites for hydroxylation is 1. The maximum Gasteiger partial charge on any atom is 0.260 e. The summed E-state index contributed by atoms with van der Waals surface area (Å²) < 4.78 is 19.2. The van der Waals surface area contributed by atoms with Crippen LogP contribution in [-0.4, -0.2) is 42.5 Å². The molecule has 0 radical (unpaired) electrons. The molecule has 0 spiro atoms. The number of ether oxygens (including phenoxy) is 1. The van der Waals surface area contributed by atoms with Gasteiger partial charge in [0.05, 0.1) is 5.56 Å². The van der Waals surface area contributed by atoms with Crippen molar-refractivity contribution in [3.8, 4) is 5.75 Å². The van der Waals surface area contributed by atoms with Crippen LogP contribution < -0.4 is 10.1 Å². The summed E-state index contributed by atoms with van der Waals surface area (Å²) in [6, 6.07) is 13.4. The molecule has 1 aliphatic heterocycles. The second kappa shape index (κ2) is 8.66. The number of nitrogens with one attached hydrogen (secondary N) is 1. The van der Waals surface area contributed by atoms with Gasteiger partial charge < -0.3 is 15.0 Å². The highest BCUT2D eigenvalue weighted by molar-refractivity contribution is 5.94. The summed E-state index contributed by atoms with van der Waals surface area (Å²) >= 11 is 0. The van der Waals surface area contributed by atoms with Gasteiger partial charge in [-0.2, -0.15) is 0 Å². The number of hydrogen-bond donors (Lipinski definition) is 1. The lowest BCUT2D eigenvalue weighted by molar-refractivity contribution is -0.134. The zero-order valence-corrected chi connectivity index (χ0v) is 15.3. The molecule has 1 heterocycles. The van der Waals surface area contributed by atoms with Gasteiger partial charge in [-0.05, 0) is 44.0 Å². The van der Waals surface area contributed by atoms with Crippen molar-refractivity contribution in [3.63, 3.8) is 0 Å². The topological polar surface area (TPSA) is 58.6 Å². The molecule has 0 saturated carbocycles. The van der Waals surface area contributed by atoms with E-state index in [0.29, 0.717) is 31.7 Å². The number of halogens is 1. The lowest BCUT2D eigenvalue weighted by Gasteiger charge is -2.32. The Balaban J connectivity index is 1.44. The van der Waals surface area contributed by atoms with Gasteiger partial charge in [0.2, 0.25) is 0 Å². The standard InChI is InChI=1S/C21H23FN2O3/c1-15-6-8-17(9-7-15)27-14-20(25)24-12-10-16(11-13-24)23-21(26)18-4-2-3-5-19(18)22/h2-9,16H,10-14H2,1H3,(H,23,26). The van der Waals surface area contributed by atoms with Gasteiger partial charge in [-0.15, -0.1) is 0 Å². The third kappa shape index (κ3) is 5.06. The molecule has 1 fully saturated rings. The predicted molar refractivity (Wildman–Crippen MR) is 100 cm³/mol. The van der Waals surface area contributed by atoms with Crippen LogP contribution in [0.15, 0.2) is 48.5 Å². The largest absolute Gasteiger partial charge is 0.484 e. The van der Waals surface area contributed by atoms with Gasteiger partial charge in [0.1, 0.15) is 11.6 Å². The van der Waals surface area contributed by atoms with Gasteiger partial charge in [-0.25, -0.2) is 4.39 Å². The first kappa shape index (κ1) is 18.9. The minimum atomic E-state index is -0.532. The van der Waals surface area contributed by atoms with Crippen LogP contribution in [0.2, 0.25) is 0 Å². The Kier molecular flexibility index (Phi) is 6.06. The minimum absolute atomic E-state index is 0.00465. The average Bonchev–Trinajstić information content (AvgIpc) is 2.68. The first-order valence-corrected chi connectivity index (χ1v) is 9.05. The lowest BCUT2D eigenvalue weighted by Crippen LogP contribution is -2.47. The van der Waals surface area contributed by atoms with E-state index in [1.165, 1.54) is 12.1 Å². The van der Waals surface area contributed by atoms with Crippen LogP contribution in [0, 0.1) is 12.7 Å². The first-order chi connectivity index (χ1) is 13.0. The monoisotopic (exact) mass is 370 g/mol. The molecule has 0 atom stereocenters. The van der Waals surface area contributed by atoms with Gasteiger partial charge in [-0.3, -0.25) is 9.59 Å². The predicted octanol–water partition coefficient (Wildman–Crippen LogP) is 2.93. The molecule has 0 unspecified atom stereocenters. The number of hydrogen-bond acceptors (Lipinski definition) is 3. The average molecular weight is 370 g/mol. The van der Waals surface area contributed by atoms with Crippen molar-refractivity contribution in [2.75, 3.05) is 19.7 Å². The first-order valence-electron chi connectivity index (χ1n) is 9.05. The molecule has 1 saturated heterocycles. The number of likely N-dealkylation sites (tertiary alicyclic amines) is 1. The smallest absolute Gasteiger partial charge is 0.260 e. The van der Waals surface area contributed by atoms with Crippen LogP contribution in [0.3, 0.4) is 0 Å². The molecular weight excluding hydrogens is 347 g/mol. The summed E-state index contributed by atoms with van der Waals surface area (Å²) in [6.45, 7) is 3.07. The molecule has 3 rings (SSSR count). The maximum atomic E-state index is 13.7. The van der Waals surface area contributed by atoms with E-state index in [9.17, 15) is 14.0 Å². The van der Waals surface area contributed by atoms with Gasteiger partial charge in [-0.1, -0.05) is 29.8 Å².